The summed E-state index contributed by atoms with van der Waals surface area (Å²) in [5, 5.41) is 3.80. The van der Waals surface area contributed by atoms with Gasteiger partial charge in [-0.2, -0.15) is 0 Å². The summed E-state index contributed by atoms with van der Waals surface area (Å²) in [4.78, 5) is 25.7. The highest BCUT2D eigenvalue weighted by atomic mass is 16.2. The van der Waals surface area contributed by atoms with Gasteiger partial charge in [0, 0.05) is 24.3 Å². The molecule has 6 nitrogen and oxygen atoms in total. The maximum Gasteiger partial charge on any atom is 0.276 e. The molecule has 0 spiro atoms. The fourth-order valence-electron chi connectivity index (χ4n) is 2.88. The predicted octanol–water partition coefficient (Wildman–Crippen LogP) is 3.64. The lowest BCUT2D eigenvalue weighted by Gasteiger charge is -2.09. The summed E-state index contributed by atoms with van der Waals surface area (Å²) in [5.41, 5.74) is 2.97. The Kier molecular flexibility index (Phi) is 3.85. The van der Waals surface area contributed by atoms with Gasteiger partial charge in [-0.15, -0.1) is 0 Å². The molecule has 1 N–H and O–H groups in total. The van der Waals surface area contributed by atoms with E-state index in [1.165, 1.54) is 0 Å². The van der Waals surface area contributed by atoms with Crippen LogP contribution in [0, 0.1) is 0 Å². The second-order valence-corrected chi connectivity index (χ2v) is 5.79. The van der Waals surface area contributed by atoms with Gasteiger partial charge in [0.2, 0.25) is 5.95 Å². The zero-order chi connectivity index (χ0) is 17.2. The van der Waals surface area contributed by atoms with Gasteiger partial charge in [0.15, 0.2) is 0 Å². The molecule has 3 aromatic heterocycles. The lowest BCUT2D eigenvalue weighted by molar-refractivity contribution is 0.102. The van der Waals surface area contributed by atoms with Gasteiger partial charge in [-0.25, -0.2) is 9.97 Å². The number of carbonyl (C=O) groups excluding carboxylic acids is 1. The van der Waals surface area contributed by atoms with Gasteiger partial charge in [-0.1, -0.05) is 19.1 Å². The Morgan fingerprint density at radius 1 is 1.08 bits per heavy atom. The van der Waals surface area contributed by atoms with Gasteiger partial charge >= 0.3 is 0 Å². The molecule has 0 bridgehead atoms. The SMILES string of the molecule is CCCn1c(NC(=O)c2ccc3cnccc3n2)nc2ccccc21. The van der Waals surface area contributed by atoms with Crippen LogP contribution in [-0.4, -0.2) is 25.4 Å². The third-order valence-corrected chi connectivity index (χ3v) is 4.05. The first-order valence-corrected chi connectivity index (χ1v) is 8.23. The molecule has 3 heterocycles. The highest BCUT2D eigenvalue weighted by Crippen LogP contribution is 2.20. The van der Waals surface area contributed by atoms with Gasteiger partial charge in [0.1, 0.15) is 5.69 Å². The number of pyridine rings is 2. The second kappa shape index (κ2) is 6.32. The van der Waals surface area contributed by atoms with Crippen LogP contribution in [0.1, 0.15) is 23.8 Å². The number of hydrogen-bond acceptors (Lipinski definition) is 4. The maximum atomic E-state index is 12.6. The molecule has 25 heavy (non-hydrogen) atoms. The van der Waals surface area contributed by atoms with Crippen LogP contribution in [0.3, 0.4) is 0 Å². The van der Waals surface area contributed by atoms with Crippen molar-refractivity contribution in [1.29, 1.82) is 0 Å². The zero-order valence-corrected chi connectivity index (χ0v) is 13.8. The topological polar surface area (TPSA) is 72.7 Å². The number of anilines is 1. The number of aryl methyl sites for hydroxylation is 1. The highest BCUT2D eigenvalue weighted by molar-refractivity contribution is 6.03. The van der Waals surface area contributed by atoms with E-state index in [9.17, 15) is 4.79 Å². The van der Waals surface area contributed by atoms with E-state index in [2.05, 4.69) is 27.2 Å². The van der Waals surface area contributed by atoms with Crippen LogP contribution in [0.15, 0.2) is 54.9 Å². The van der Waals surface area contributed by atoms with Crippen molar-refractivity contribution in [2.45, 2.75) is 19.9 Å². The van der Waals surface area contributed by atoms with Gasteiger partial charge < -0.3 is 4.57 Å². The maximum absolute atomic E-state index is 12.6. The fraction of sp³-hybridized carbons (Fsp3) is 0.158. The van der Waals surface area contributed by atoms with E-state index in [4.69, 9.17) is 0 Å². The standard InChI is InChI=1S/C19H17N5O/c1-2-11-24-17-6-4-3-5-15(17)22-19(24)23-18(25)16-8-7-13-12-20-10-9-14(13)21-16/h3-10,12H,2,11H2,1H3,(H,22,23,25). The van der Waals surface area contributed by atoms with Crippen LogP contribution in [0.25, 0.3) is 21.9 Å². The molecule has 0 saturated heterocycles. The van der Waals surface area contributed by atoms with Crippen molar-refractivity contribution in [3.63, 3.8) is 0 Å². The van der Waals surface area contributed by atoms with Crippen LogP contribution in [0.5, 0.6) is 0 Å². The highest BCUT2D eigenvalue weighted by Gasteiger charge is 2.15. The molecule has 6 heteroatoms. The van der Waals surface area contributed by atoms with Crippen LogP contribution in [0.4, 0.5) is 5.95 Å². The van der Waals surface area contributed by atoms with E-state index in [-0.39, 0.29) is 5.91 Å². The molecule has 0 aliphatic carbocycles. The number of hydrogen-bond donors (Lipinski definition) is 1. The van der Waals surface area contributed by atoms with E-state index in [0.29, 0.717) is 11.6 Å². The average molecular weight is 331 g/mol. The van der Waals surface area contributed by atoms with Crippen molar-refractivity contribution in [2.75, 3.05) is 5.32 Å². The van der Waals surface area contributed by atoms with Crippen LogP contribution in [-0.2, 0) is 6.54 Å². The number of nitrogens with zero attached hydrogens (tertiary/aromatic N) is 4. The van der Waals surface area contributed by atoms with E-state index in [1.807, 2.05) is 34.9 Å². The Morgan fingerprint density at radius 2 is 1.96 bits per heavy atom. The molecule has 0 aliphatic heterocycles. The summed E-state index contributed by atoms with van der Waals surface area (Å²) in [5.74, 6) is 0.274. The number of rotatable bonds is 4. The summed E-state index contributed by atoms with van der Waals surface area (Å²) in [6.07, 6.45) is 4.34. The minimum absolute atomic E-state index is 0.272. The molecule has 0 unspecified atom stereocenters. The quantitative estimate of drug-likeness (QED) is 0.619. The number of nitrogens with one attached hydrogen (secondary N) is 1. The predicted molar refractivity (Wildman–Crippen MR) is 97.5 cm³/mol. The lowest BCUT2D eigenvalue weighted by Crippen LogP contribution is -2.17. The Morgan fingerprint density at radius 3 is 2.84 bits per heavy atom. The number of benzene rings is 1. The third kappa shape index (κ3) is 2.82. The van der Waals surface area contributed by atoms with Crippen LogP contribution >= 0.6 is 0 Å². The monoisotopic (exact) mass is 331 g/mol. The van der Waals surface area contributed by atoms with Crippen molar-refractivity contribution in [3.05, 3.63) is 60.6 Å². The summed E-state index contributed by atoms with van der Waals surface area (Å²) in [6.45, 7) is 2.88. The zero-order valence-electron chi connectivity index (χ0n) is 13.8. The number of carbonyl (C=O) groups is 1. The molecule has 1 amide bonds. The second-order valence-electron chi connectivity index (χ2n) is 5.79. The van der Waals surface area contributed by atoms with Gasteiger partial charge in [-0.05, 0) is 36.8 Å². The number of fused-ring (bicyclic) bond motifs is 2. The summed E-state index contributed by atoms with van der Waals surface area (Å²) >= 11 is 0. The molecule has 4 aromatic rings. The van der Waals surface area contributed by atoms with Crippen molar-refractivity contribution in [3.8, 4) is 0 Å². The lowest BCUT2D eigenvalue weighted by atomic mass is 10.2. The molecule has 4 rings (SSSR count). The molecule has 124 valence electrons. The summed E-state index contributed by atoms with van der Waals surface area (Å²) < 4.78 is 2.03. The van der Waals surface area contributed by atoms with E-state index >= 15 is 0 Å². The smallest absolute Gasteiger partial charge is 0.276 e. The number of aromatic nitrogens is 4. The number of imidazole rings is 1. The first-order chi connectivity index (χ1) is 12.3. The molecule has 0 saturated carbocycles. The van der Waals surface area contributed by atoms with Crippen molar-refractivity contribution in [1.82, 2.24) is 19.5 Å². The minimum Gasteiger partial charge on any atom is -0.310 e. The Labute approximate surface area is 144 Å². The number of para-hydroxylation sites is 2. The Bertz CT molecular complexity index is 1070. The van der Waals surface area contributed by atoms with Crippen molar-refractivity contribution >= 4 is 33.8 Å². The minimum atomic E-state index is -0.272. The van der Waals surface area contributed by atoms with Crippen molar-refractivity contribution in [2.24, 2.45) is 0 Å². The summed E-state index contributed by atoms with van der Waals surface area (Å²) in [6, 6.07) is 13.2. The Hall–Kier alpha value is -3.28. The van der Waals surface area contributed by atoms with E-state index < -0.39 is 0 Å². The summed E-state index contributed by atoms with van der Waals surface area (Å²) in [7, 11) is 0. The van der Waals surface area contributed by atoms with Crippen LogP contribution in [0.2, 0.25) is 0 Å². The van der Waals surface area contributed by atoms with E-state index in [1.54, 1.807) is 24.5 Å². The normalized spacial score (nSPS) is 11.1. The largest absolute Gasteiger partial charge is 0.310 e. The molecular formula is C19H17N5O. The van der Waals surface area contributed by atoms with Crippen molar-refractivity contribution < 1.29 is 4.79 Å². The number of amides is 1. The van der Waals surface area contributed by atoms with E-state index in [0.717, 1.165) is 34.9 Å². The molecule has 0 aliphatic rings. The van der Waals surface area contributed by atoms with Gasteiger partial charge in [0.05, 0.1) is 16.6 Å². The van der Waals surface area contributed by atoms with Gasteiger partial charge in [0.25, 0.3) is 5.91 Å². The molecular weight excluding hydrogens is 314 g/mol. The molecule has 0 atom stereocenters. The average Bonchev–Trinajstić information content (AvgIpc) is 2.99. The first-order valence-electron chi connectivity index (χ1n) is 8.23. The fourth-order valence-corrected chi connectivity index (χ4v) is 2.88. The molecule has 0 fully saturated rings. The molecule has 1 aromatic carbocycles. The Balaban J connectivity index is 1.69. The molecule has 0 radical (unpaired) electrons. The third-order valence-electron chi connectivity index (χ3n) is 4.05. The van der Waals surface area contributed by atoms with Crippen LogP contribution < -0.4 is 5.32 Å². The first kappa shape index (κ1) is 15.3. The van der Waals surface area contributed by atoms with Gasteiger partial charge in [-0.3, -0.25) is 15.1 Å².